The zero-order valence-electron chi connectivity index (χ0n) is 11.8. The Morgan fingerprint density at radius 3 is 3.05 bits per heavy atom. The summed E-state index contributed by atoms with van der Waals surface area (Å²) < 4.78 is 5.32. The number of thiophene rings is 1. The van der Waals surface area contributed by atoms with Crippen molar-refractivity contribution in [1.29, 1.82) is 0 Å². The Bertz CT molecular complexity index is 565. The van der Waals surface area contributed by atoms with Gasteiger partial charge in [-0.2, -0.15) is 0 Å². The second-order valence-corrected chi connectivity index (χ2v) is 6.78. The van der Waals surface area contributed by atoms with Crippen molar-refractivity contribution in [3.8, 4) is 0 Å². The molecule has 0 bridgehead atoms. The summed E-state index contributed by atoms with van der Waals surface area (Å²) in [5.74, 6) is -0.989. The Hall–Kier alpha value is -1.60. The van der Waals surface area contributed by atoms with Gasteiger partial charge < -0.3 is 20.1 Å². The number of urea groups is 1. The minimum atomic E-state index is -0.989. The molecule has 3 rings (SSSR count). The van der Waals surface area contributed by atoms with Crippen molar-refractivity contribution in [3.63, 3.8) is 0 Å². The number of amides is 2. The molecule has 2 N–H and O–H groups in total. The lowest BCUT2D eigenvalue weighted by molar-refractivity contribution is -0.142. The molecule has 1 aromatic rings. The highest BCUT2D eigenvalue weighted by Gasteiger charge is 2.39. The van der Waals surface area contributed by atoms with Crippen molar-refractivity contribution in [2.24, 2.45) is 0 Å². The maximum absolute atomic E-state index is 12.5. The summed E-state index contributed by atoms with van der Waals surface area (Å²) in [5, 5.41) is 14.3. The number of carboxylic acids is 1. The SMILES string of the molecule is CC1(NC(=O)N2CCc3sccc3C2C(=O)O)CCOC1. The van der Waals surface area contributed by atoms with Crippen molar-refractivity contribution in [2.75, 3.05) is 19.8 Å². The Kier molecular flexibility index (Phi) is 3.62. The lowest BCUT2D eigenvalue weighted by atomic mass is 9.99. The average Bonchev–Trinajstić information content (AvgIpc) is 3.05. The molecule has 0 aliphatic carbocycles. The predicted octanol–water partition coefficient (Wildman–Crippen LogP) is 1.62. The fourth-order valence-electron chi connectivity index (χ4n) is 2.90. The maximum atomic E-state index is 12.5. The molecular formula is C14H18N2O4S. The molecule has 1 fully saturated rings. The van der Waals surface area contributed by atoms with E-state index in [1.165, 1.54) is 4.90 Å². The van der Waals surface area contributed by atoms with Gasteiger partial charge in [-0.1, -0.05) is 0 Å². The van der Waals surface area contributed by atoms with E-state index in [0.717, 1.165) is 16.9 Å². The van der Waals surface area contributed by atoms with Gasteiger partial charge in [0.05, 0.1) is 12.1 Å². The molecule has 2 amide bonds. The van der Waals surface area contributed by atoms with E-state index >= 15 is 0 Å². The average molecular weight is 310 g/mol. The highest BCUT2D eigenvalue weighted by atomic mass is 32.1. The lowest BCUT2D eigenvalue weighted by Crippen LogP contribution is -2.55. The summed E-state index contributed by atoms with van der Waals surface area (Å²) in [4.78, 5) is 26.6. The first-order chi connectivity index (χ1) is 10.0. The molecule has 3 heterocycles. The van der Waals surface area contributed by atoms with E-state index in [2.05, 4.69) is 5.32 Å². The number of nitrogens with zero attached hydrogens (tertiary/aromatic N) is 1. The van der Waals surface area contributed by atoms with E-state index in [9.17, 15) is 14.7 Å². The molecule has 1 aromatic heterocycles. The first-order valence-electron chi connectivity index (χ1n) is 6.96. The molecule has 0 aromatic carbocycles. The second kappa shape index (κ2) is 5.31. The monoisotopic (exact) mass is 310 g/mol. The van der Waals surface area contributed by atoms with Gasteiger partial charge in [0, 0.05) is 18.0 Å². The number of hydrogen-bond donors (Lipinski definition) is 2. The first kappa shape index (κ1) is 14.3. The molecule has 7 heteroatoms. The van der Waals surface area contributed by atoms with E-state index in [0.29, 0.717) is 26.2 Å². The molecule has 114 valence electrons. The summed E-state index contributed by atoms with van der Waals surface area (Å²) in [7, 11) is 0. The number of hydrogen-bond acceptors (Lipinski definition) is 4. The van der Waals surface area contributed by atoms with Crippen molar-refractivity contribution in [2.45, 2.75) is 31.3 Å². The molecule has 2 aliphatic rings. The van der Waals surface area contributed by atoms with Gasteiger partial charge in [0.1, 0.15) is 0 Å². The van der Waals surface area contributed by atoms with Gasteiger partial charge in [-0.15, -0.1) is 11.3 Å². The molecule has 0 saturated carbocycles. The topological polar surface area (TPSA) is 78.9 Å². The van der Waals surface area contributed by atoms with E-state index in [1.807, 2.05) is 12.3 Å². The van der Waals surface area contributed by atoms with E-state index < -0.39 is 17.6 Å². The van der Waals surface area contributed by atoms with Crippen LogP contribution in [-0.4, -0.2) is 47.3 Å². The maximum Gasteiger partial charge on any atom is 0.331 e. The Morgan fingerprint density at radius 1 is 1.57 bits per heavy atom. The summed E-state index contributed by atoms with van der Waals surface area (Å²) in [5.41, 5.74) is 0.330. The zero-order valence-corrected chi connectivity index (χ0v) is 12.6. The van der Waals surface area contributed by atoms with Crippen molar-refractivity contribution in [1.82, 2.24) is 10.2 Å². The highest BCUT2D eigenvalue weighted by molar-refractivity contribution is 7.10. The number of carbonyl (C=O) groups excluding carboxylic acids is 1. The molecule has 0 radical (unpaired) electrons. The second-order valence-electron chi connectivity index (χ2n) is 5.78. The van der Waals surface area contributed by atoms with Crippen LogP contribution >= 0.6 is 11.3 Å². The third kappa shape index (κ3) is 2.63. The van der Waals surface area contributed by atoms with Crippen LogP contribution < -0.4 is 5.32 Å². The summed E-state index contributed by atoms with van der Waals surface area (Å²) in [6.45, 7) is 3.43. The van der Waals surface area contributed by atoms with Crippen LogP contribution in [0.1, 0.15) is 29.8 Å². The molecule has 2 unspecified atom stereocenters. The molecule has 2 aliphatic heterocycles. The Labute approximate surface area is 126 Å². The normalized spacial score (nSPS) is 28.2. The van der Waals surface area contributed by atoms with Crippen molar-refractivity contribution in [3.05, 3.63) is 21.9 Å². The summed E-state index contributed by atoms with van der Waals surface area (Å²) >= 11 is 1.55. The van der Waals surface area contributed by atoms with Gasteiger partial charge in [0.2, 0.25) is 0 Å². The van der Waals surface area contributed by atoms with Crippen LogP contribution in [0.15, 0.2) is 11.4 Å². The van der Waals surface area contributed by atoms with Gasteiger partial charge in [-0.05, 0) is 36.8 Å². The van der Waals surface area contributed by atoms with Gasteiger partial charge >= 0.3 is 12.0 Å². The number of rotatable bonds is 2. The van der Waals surface area contributed by atoms with Crippen LogP contribution in [0.25, 0.3) is 0 Å². The van der Waals surface area contributed by atoms with E-state index in [-0.39, 0.29) is 6.03 Å². The molecule has 0 spiro atoms. The third-order valence-corrected chi connectivity index (χ3v) is 5.08. The molecule has 1 saturated heterocycles. The third-order valence-electron chi connectivity index (χ3n) is 4.09. The minimum Gasteiger partial charge on any atom is -0.479 e. The predicted molar refractivity (Wildman–Crippen MR) is 77.5 cm³/mol. The lowest BCUT2D eigenvalue weighted by Gasteiger charge is -2.36. The van der Waals surface area contributed by atoms with Gasteiger partial charge in [-0.3, -0.25) is 0 Å². The number of aliphatic carboxylic acids is 1. The van der Waals surface area contributed by atoms with Crippen molar-refractivity contribution < 1.29 is 19.4 Å². The van der Waals surface area contributed by atoms with Crippen LogP contribution in [-0.2, 0) is 16.0 Å². The highest BCUT2D eigenvalue weighted by Crippen LogP contribution is 2.33. The van der Waals surface area contributed by atoms with Crippen LogP contribution in [0.3, 0.4) is 0 Å². The van der Waals surface area contributed by atoms with Gasteiger partial charge in [-0.25, -0.2) is 9.59 Å². The smallest absolute Gasteiger partial charge is 0.331 e. The molecular weight excluding hydrogens is 292 g/mol. The zero-order chi connectivity index (χ0) is 15.0. The molecule has 6 nitrogen and oxygen atoms in total. The fraction of sp³-hybridized carbons (Fsp3) is 0.571. The van der Waals surface area contributed by atoms with E-state index in [4.69, 9.17) is 4.74 Å². The number of nitrogens with one attached hydrogen (secondary N) is 1. The van der Waals surface area contributed by atoms with E-state index in [1.54, 1.807) is 17.4 Å². The number of carbonyl (C=O) groups is 2. The van der Waals surface area contributed by atoms with Crippen LogP contribution in [0.2, 0.25) is 0 Å². The molecule has 2 atom stereocenters. The fourth-order valence-corrected chi connectivity index (χ4v) is 3.80. The number of ether oxygens (including phenoxy) is 1. The largest absolute Gasteiger partial charge is 0.479 e. The van der Waals surface area contributed by atoms with Gasteiger partial charge in [0.15, 0.2) is 6.04 Å². The Balaban J connectivity index is 1.81. The first-order valence-corrected chi connectivity index (χ1v) is 7.84. The van der Waals surface area contributed by atoms with Crippen LogP contribution in [0.5, 0.6) is 0 Å². The minimum absolute atomic E-state index is 0.327. The van der Waals surface area contributed by atoms with Crippen LogP contribution in [0.4, 0.5) is 4.79 Å². The van der Waals surface area contributed by atoms with Gasteiger partial charge in [0.25, 0.3) is 0 Å². The number of carboxylic acid groups (broad SMARTS) is 1. The van der Waals surface area contributed by atoms with Crippen molar-refractivity contribution >= 4 is 23.3 Å². The molecule has 21 heavy (non-hydrogen) atoms. The van der Waals surface area contributed by atoms with Crippen LogP contribution in [0, 0.1) is 0 Å². The summed E-state index contributed by atoms with van der Waals surface area (Å²) in [6.07, 6.45) is 1.45. The number of fused-ring (bicyclic) bond motifs is 1. The summed E-state index contributed by atoms with van der Waals surface area (Å²) in [6, 6.07) is 0.580. The Morgan fingerprint density at radius 2 is 2.38 bits per heavy atom. The standard InChI is InChI=1S/C14H18N2O4S/c1-14(4-6-20-8-14)15-13(19)16-5-2-10-9(3-7-21-10)11(16)12(17)18/h3,7,11H,2,4-6,8H2,1H3,(H,15,19)(H,17,18). The quantitative estimate of drug-likeness (QED) is 0.870.